The lowest BCUT2D eigenvalue weighted by Gasteiger charge is -2.10. The molecule has 0 aromatic heterocycles. The molecule has 0 aliphatic rings. The van der Waals surface area contributed by atoms with Crippen LogP contribution in [-0.4, -0.2) is 28.9 Å². The molecule has 2 amide bonds. The zero-order chi connectivity index (χ0) is 17.4. The van der Waals surface area contributed by atoms with Gasteiger partial charge in [-0.15, -0.1) is 0 Å². The maximum Gasteiger partial charge on any atom is 0.310 e. The van der Waals surface area contributed by atoms with Gasteiger partial charge in [-0.1, -0.05) is 12.1 Å². The lowest BCUT2D eigenvalue weighted by atomic mass is 10.0. The number of carboxylic acids is 1. The lowest BCUT2D eigenvalue weighted by molar-refractivity contribution is -0.138. The molecule has 6 heteroatoms. The van der Waals surface area contributed by atoms with Crippen molar-refractivity contribution in [2.24, 2.45) is 0 Å². The SMILES string of the molecule is CC(C)NC(=O)CCCC(=O)Nc1ccc(C(C)C(=O)O)cc1. The number of carbonyl (C=O) groups is 3. The molecule has 3 N–H and O–H groups in total. The van der Waals surface area contributed by atoms with Crippen LogP contribution in [0, 0.1) is 0 Å². The molecule has 1 aromatic carbocycles. The van der Waals surface area contributed by atoms with Crippen LogP contribution in [0.15, 0.2) is 24.3 Å². The monoisotopic (exact) mass is 320 g/mol. The maximum atomic E-state index is 11.8. The first-order chi connectivity index (χ1) is 10.8. The van der Waals surface area contributed by atoms with Crippen molar-refractivity contribution >= 4 is 23.5 Å². The van der Waals surface area contributed by atoms with E-state index in [0.29, 0.717) is 24.1 Å². The quantitative estimate of drug-likeness (QED) is 0.686. The minimum Gasteiger partial charge on any atom is -0.481 e. The van der Waals surface area contributed by atoms with E-state index in [0.717, 1.165) is 0 Å². The van der Waals surface area contributed by atoms with Crippen molar-refractivity contribution < 1.29 is 19.5 Å². The second kappa shape index (κ2) is 8.92. The Morgan fingerprint density at radius 3 is 2.09 bits per heavy atom. The van der Waals surface area contributed by atoms with Crippen molar-refractivity contribution in [3.05, 3.63) is 29.8 Å². The smallest absolute Gasteiger partial charge is 0.310 e. The number of nitrogens with one attached hydrogen (secondary N) is 2. The molecule has 23 heavy (non-hydrogen) atoms. The molecule has 0 saturated carbocycles. The summed E-state index contributed by atoms with van der Waals surface area (Å²) in [7, 11) is 0. The topological polar surface area (TPSA) is 95.5 Å². The van der Waals surface area contributed by atoms with Gasteiger partial charge in [-0.25, -0.2) is 0 Å². The number of amides is 2. The second-order valence-corrected chi connectivity index (χ2v) is 5.81. The standard InChI is InChI=1S/C17H24N2O4/c1-11(2)18-15(20)5-4-6-16(21)19-14-9-7-13(8-10-14)12(3)17(22)23/h7-12H,4-6H2,1-3H3,(H,18,20)(H,19,21)(H,22,23). The highest BCUT2D eigenvalue weighted by Crippen LogP contribution is 2.18. The average molecular weight is 320 g/mol. The van der Waals surface area contributed by atoms with Gasteiger partial charge in [-0.3, -0.25) is 14.4 Å². The third-order valence-corrected chi connectivity index (χ3v) is 3.32. The van der Waals surface area contributed by atoms with Crippen molar-refractivity contribution in [2.45, 2.75) is 52.0 Å². The van der Waals surface area contributed by atoms with Crippen LogP contribution in [0.2, 0.25) is 0 Å². The molecule has 0 aliphatic carbocycles. The number of aliphatic carboxylic acids is 1. The Hall–Kier alpha value is -2.37. The Balaban J connectivity index is 2.40. The first-order valence-corrected chi connectivity index (χ1v) is 7.71. The van der Waals surface area contributed by atoms with E-state index >= 15 is 0 Å². The van der Waals surface area contributed by atoms with Crippen LogP contribution in [-0.2, 0) is 14.4 Å². The van der Waals surface area contributed by atoms with E-state index in [1.54, 1.807) is 31.2 Å². The predicted molar refractivity (Wildman–Crippen MR) is 88.3 cm³/mol. The van der Waals surface area contributed by atoms with Gasteiger partial charge in [-0.05, 0) is 44.9 Å². The van der Waals surface area contributed by atoms with E-state index in [1.807, 2.05) is 13.8 Å². The summed E-state index contributed by atoms with van der Waals surface area (Å²) in [5.41, 5.74) is 1.30. The number of hydrogen-bond acceptors (Lipinski definition) is 3. The van der Waals surface area contributed by atoms with Gasteiger partial charge in [0.1, 0.15) is 0 Å². The van der Waals surface area contributed by atoms with Crippen LogP contribution in [0.5, 0.6) is 0 Å². The summed E-state index contributed by atoms with van der Waals surface area (Å²) < 4.78 is 0. The summed E-state index contributed by atoms with van der Waals surface area (Å²) in [5.74, 6) is -1.69. The van der Waals surface area contributed by atoms with Crippen LogP contribution in [0.4, 0.5) is 5.69 Å². The largest absolute Gasteiger partial charge is 0.481 e. The third-order valence-electron chi connectivity index (χ3n) is 3.32. The molecule has 1 rings (SSSR count). The molecule has 0 saturated heterocycles. The molecular formula is C17H24N2O4. The summed E-state index contributed by atoms with van der Waals surface area (Å²) in [5, 5.41) is 14.5. The molecule has 0 spiro atoms. The van der Waals surface area contributed by atoms with E-state index in [9.17, 15) is 14.4 Å². The zero-order valence-electron chi connectivity index (χ0n) is 13.8. The Bertz CT molecular complexity index is 552. The Labute approximate surface area is 136 Å². The molecule has 126 valence electrons. The van der Waals surface area contributed by atoms with Gasteiger partial charge in [0.25, 0.3) is 0 Å². The van der Waals surface area contributed by atoms with Crippen LogP contribution >= 0.6 is 0 Å². The highest BCUT2D eigenvalue weighted by Gasteiger charge is 2.13. The normalized spacial score (nSPS) is 11.8. The number of anilines is 1. The minimum atomic E-state index is -0.888. The Kier molecular flexibility index (Phi) is 7.25. The third kappa shape index (κ3) is 6.95. The molecule has 0 heterocycles. The van der Waals surface area contributed by atoms with Crippen LogP contribution < -0.4 is 10.6 Å². The molecular weight excluding hydrogens is 296 g/mol. The number of carboxylic acid groups (broad SMARTS) is 1. The Morgan fingerprint density at radius 1 is 1.00 bits per heavy atom. The highest BCUT2D eigenvalue weighted by atomic mass is 16.4. The zero-order valence-corrected chi connectivity index (χ0v) is 13.8. The van der Waals surface area contributed by atoms with Gasteiger partial charge in [0.05, 0.1) is 5.92 Å². The molecule has 1 aromatic rings. The fraction of sp³-hybridized carbons (Fsp3) is 0.471. The number of hydrogen-bond donors (Lipinski definition) is 3. The van der Waals surface area contributed by atoms with Gasteiger partial charge in [-0.2, -0.15) is 0 Å². The van der Waals surface area contributed by atoms with Crippen molar-refractivity contribution in [3.63, 3.8) is 0 Å². The van der Waals surface area contributed by atoms with Crippen molar-refractivity contribution in [3.8, 4) is 0 Å². The highest BCUT2D eigenvalue weighted by molar-refractivity contribution is 5.91. The average Bonchev–Trinajstić information content (AvgIpc) is 2.46. The summed E-state index contributed by atoms with van der Waals surface area (Å²) in [6.45, 7) is 5.39. The molecule has 0 bridgehead atoms. The van der Waals surface area contributed by atoms with Gasteiger partial charge >= 0.3 is 5.97 Å². The van der Waals surface area contributed by atoms with Crippen molar-refractivity contribution in [2.75, 3.05) is 5.32 Å². The van der Waals surface area contributed by atoms with Gasteiger partial charge < -0.3 is 15.7 Å². The summed E-state index contributed by atoms with van der Waals surface area (Å²) in [4.78, 5) is 34.2. The summed E-state index contributed by atoms with van der Waals surface area (Å²) in [6, 6.07) is 6.83. The van der Waals surface area contributed by atoms with E-state index in [-0.39, 0.29) is 24.3 Å². The number of carbonyl (C=O) groups excluding carboxylic acids is 2. The van der Waals surface area contributed by atoms with Gasteiger partial charge in [0.2, 0.25) is 11.8 Å². The number of benzene rings is 1. The molecule has 0 fully saturated rings. The lowest BCUT2D eigenvalue weighted by Crippen LogP contribution is -2.30. The molecule has 1 atom stereocenters. The van der Waals surface area contributed by atoms with Crippen molar-refractivity contribution in [1.29, 1.82) is 0 Å². The number of rotatable bonds is 8. The minimum absolute atomic E-state index is 0.0557. The van der Waals surface area contributed by atoms with Crippen molar-refractivity contribution in [1.82, 2.24) is 5.32 Å². The van der Waals surface area contributed by atoms with Crippen LogP contribution in [0.1, 0.15) is 51.5 Å². The van der Waals surface area contributed by atoms with Crippen LogP contribution in [0.3, 0.4) is 0 Å². The molecule has 0 radical (unpaired) electrons. The first-order valence-electron chi connectivity index (χ1n) is 7.71. The summed E-state index contributed by atoms with van der Waals surface area (Å²) >= 11 is 0. The maximum absolute atomic E-state index is 11.8. The summed E-state index contributed by atoms with van der Waals surface area (Å²) in [6.07, 6.45) is 1.07. The van der Waals surface area contributed by atoms with Gasteiger partial charge in [0, 0.05) is 24.6 Å². The fourth-order valence-electron chi connectivity index (χ4n) is 2.02. The fourth-order valence-corrected chi connectivity index (χ4v) is 2.02. The van der Waals surface area contributed by atoms with E-state index in [4.69, 9.17) is 5.11 Å². The Morgan fingerprint density at radius 2 is 1.57 bits per heavy atom. The second-order valence-electron chi connectivity index (χ2n) is 5.81. The van der Waals surface area contributed by atoms with Crippen LogP contribution in [0.25, 0.3) is 0 Å². The first kappa shape index (κ1) is 18.7. The van der Waals surface area contributed by atoms with E-state index in [1.165, 1.54) is 0 Å². The molecule has 1 unspecified atom stereocenters. The van der Waals surface area contributed by atoms with E-state index < -0.39 is 11.9 Å². The molecule has 0 aliphatic heterocycles. The predicted octanol–water partition coefficient (Wildman–Crippen LogP) is 2.51. The van der Waals surface area contributed by atoms with Gasteiger partial charge in [0.15, 0.2) is 0 Å². The molecule has 6 nitrogen and oxygen atoms in total. The van der Waals surface area contributed by atoms with E-state index in [2.05, 4.69) is 10.6 Å².